The quantitative estimate of drug-likeness (QED) is 0.683. The summed E-state index contributed by atoms with van der Waals surface area (Å²) < 4.78 is 1.95. The van der Waals surface area contributed by atoms with Gasteiger partial charge in [0.25, 0.3) is 5.91 Å². The molecule has 0 saturated heterocycles. The van der Waals surface area contributed by atoms with Gasteiger partial charge in [-0.15, -0.1) is 0 Å². The molecule has 0 aliphatic heterocycles. The van der Waals surface area contributed by atoms with Gasteiger partial charge in [-0.1, -0.05) is 23.2 Å². The highest BCUT2D eigenvalue weighted by Crippen LogP contribution is 2.20. The number of amides is 1. The second kappa shape index (κ2) is 6.49. The summed E-state index contributed by atoms with van der Waals surface area (Å²) in [6.45, 7) is 1.91. The van der Waals surface area contributed by atoms with Gasteiger partial charge in [0.2, 0.25) is 0 Å². The van der Waals surface area contributed by atoms with Crippen molar-refractivity contribution in [2.45, 2.75) is 6.92 Å². The zero-order chi connectivity index (χ0) is 16.4. The van der Waals surface area contributed by atoms with E-state index in [-0.39, 0.29) is 5.91 Å². The standard InChI is InChI=1S/C18H14Cl2N2O/c1-12-17(18(23)21-15-6-2-13(19)3-7-15)10-11-22(12)16-8-4-14(20)5-9-16/h2-11H,1H3,(H,21,23). The fraction of sp³-hybridized carbons (Fsp3) is 0.0556. The topological polar surface area (TPSA) is 34.0 Å². The number of halogens is 2. The van der Waals surface area contributed by atoms with Crippen molar-refractivity contribution < 1.29 is 4.79 Å². The number of nitrogens with zero attached hydrogens (tertiary/aromatic N) is 1. The Morgan fingerprint density at radius 1 is 0.913 bits per heavy atom. The van der Waals surface area contributed by atoms with Gasteiger partial charge in [0.05, 0.1) is 5.56 Å². The van der Waals surface area contributed by atoms with Crippen molar-refractivity contribution in [1.29, 1.82) is 0 Å². The van der Waals surface area contributed by atoms with E-state index < -0.39 is 0 Å². The summed E-state index contributed by atoms with van der Waals surface area (Å²) in [5.74, 6) is -0.155. The lowest BCUT2D eigenvalue weighted by Gasteiger charge is -2.08. The third kappa shape index (κ3) is 3.41. The normalized spacial score (nSPS) is 10.6. The highest BCUT2D eigenvalue weighted by Gasteiger charge is 2.14. The van der Waals surface area contributed by atoms with Gasteiger partial charge in [-0.05, 0) is 61.5 Å². The predicted octanol–water partition coefficient (Wildman–Crippen LogP) is 5.34. The average Bonchev–Trinajstić information content (AvgIpc) is 2.92. The van der Waals surface area contributed by atoms with Gasteiger partial charge in [-0.2, -0.15) is 0 Å². The number of carbonyl (C=O) groups is 1. The number of rotatable bonds is 3. The summed E-state index contributed by atoms with van der Waals surface area (Å²) in [6, 6.07) is 16.3. The second-order valence-corrected chi connectivity index (χ2v) is 6.00. The molecule has 5 heteroatoms. The van der Waals surface area contributed by atoms with Gasteiger partial charge in [-0.3, -0.25) is 4.79 Å². The monoisotopic (exact) mass is 344 g/mol. The molecule has 0 aliphatic rings. The molecule has 0 fully saturated rings. The van der Waals surface area contributed by atoms with E-state index in [9.17, 15) is 4.79 Å². The summed E-state index contributed by atoms with van der Waals surface area (Å²) in [6.07, 6.45) is 1.87. The highest BCUT2D eigenvalue weighted by molar-refractivity contribution is 6.30. The summed E-state index contributed by atoms with van der Waals surface area (Å²) >= 11 is 11.8. The third-order valence-corrected chi connectivity index (χ3v) is 4.10. The molecule has 116 valence electrons. The Hall–Kier alpha value is -2.23. The first kappa shape index (κ1) is 15.7. The zero-order valence-electron chi connectivity index (χ0n) is 12.4. The van der Waals surface area contributed by atoms with Crippen LogP contribution in [0.15, 0.2) is 60.8 Å². The molecule has 3 aromatic rings. The van der Waals surface area contributed by atoms with Crippen LogP contribution in [-0.4, -0.2) is 10.5 Å². The maximum absolute atomic E-state index is 12.4. The SMILES string of the molecule is Cc1c(C(=O)Nc2ccc(Cl)cc2)ccn1-c1ccc(Cl)cc1. The lowest BCUT2D eigenvalue weighted by molar-refractivity contribution is 0.102. The van der Waals surface area contributed by atoms with E-state index in [2.05, 4.69) is 5.32 Å². The van der Waals surface area contributed by atoms with Crippen LogP contribution in [0.5, 0.6) is 0 Å². The van der Waals surface area contributed by atoms with E-state index in [1.807, 2.05) is 42.0 Å². The molecule has 1 amide bonds. The van der Waals surface area contributed by atoms with E-state index in [1.165, 1.54) is 0 Å². The minimum Gasteiger partial charge on any atom is -0.322 e. The molecule has 0 bridgehead atoms. The molecule has 3 rings (SSSR count). The molecule has 2 aromatic carbocycles. The lowest BCUT2D eigenvalue weighted by atomic mass is 10.2. The van der Waals surface area contributed by atoms with E-state index in [4.69, 9.17) is 23.2 Å². The maximum Gasteiger partial charge on any atom is 0.257 e. The molecule has 1 aromatic heterocycles. The zero-order valence-corrected chi connectivity index (χ0v) is 13.9. The Morgan fingerprint density at radius 3 is 2.09 bits per heavy atom. The van der Waals surface area contributed by atoms with Crippen LogP contribution in [0.4, 0.5) is 5.69 Å². The number of hydrogen-bond acceptors (Lipinski definition) is 1. The van der Waals surface area contributed by atoms with Crippen molar-refractivity contribution in [1.82, 2.24) is 4.57 Å². The number of carbonyl (C=O) groups excluding carboxylic acids is 1. The third-order valence-electron chi connectivity index (χ3n) is 3.59. The van der Waals surface area contributed by atoms with Crippen molar-refractivity contribution >= 4 is 34.8 Å². The van der Waals surface area contributed by atoms with E-state index in [0.29, 0.717) is 21.3 Å². The lowest BCUT2D eigenvalue weighted by Crippen LogP contribution is -2.13. The molecule has 1 N–H and O–H groups in total. The first-order valence-corrected chi connectivity index (χ1v) is 7.81. The van der Waals surface area contributed by atoms with Gasteiger partial charge in [0.15, 0.2) is 0 Å². The number of aromatic nitrogens is 1. The molecule has 3 nitrogen and oxygen atoms in total. The van der Waals surface area contributed by atoms with Gasteiger partial charge in [-0.25, -0.2) is 0 Å². The van der Waals surface area contributed by atoms with Gasteiger partial charge in [0, 0.05) is 33.3 Å². The largest absolute Gasteiger partial charge is 0.322 e. The van der Waals surface area contributed by atoms with Crippen LogP contribution < -0.4 is 5.32 Å². The van der Waals surface area contributed by atoms with Crippen LogP contribution in [0.1, 0.15) is 16.1 Å². The van der Waals surface area contributed by atoms with Crippen molar-refractivity contribution in [3.63, 3.8) is 0 Å². The minimum absolute atomic E-state index is 0.155. The second-order valence-electron chi connectivity index (χ2n) is 5.12. The van der Waals surface area contributed by atoms with Crippen molar-refractivity contribution in [3.05, 3.63) is 82.1 Å². The summed E-state index contributed by atoms with van der Waals surface area (Å²) in [4.78, 5) is 12.4. The van der Waals surface area contributed by atoms with Crippen molar-refractivity contribution in [2.75, 3.05) is 5.32 Å². The van der Waals surface area contributed by atoms with Gasteiger partial charge < -0.3 is 9.88 Å². The van der Waals surface area contributed by atoms with Crippen LogP contribution in [0.2, 0.25) is 10.0 Å². The van der Waals surface area contributed by atoms with Crippen LogP contribution in [0.25, 0.3) is 5.69 Å². The number of hydrogen-bond donors (Lipinski definition) is 1. The van der Waals surface area contributed by atoms with Gasteiger partial charge >= 0.3 is 0 Å². The fourth-order valence-electron chi connectivity index (χ4n) is 2.36. The Morgan fingerprint density at radius 2 is 1.48 bits per heavy atom. The highest BCUT2D eigenvalue weighted by atomic mass is 35.5. The van der Waals surface area contributed by atoms with Crippen molar-refractivity contribution in [2.24, 2.45) is 0 Å². The smallest absolute Gasteiger partial charge is 0.257 e. The Labute approximate surface area is 144 Å². The molecule has 0 atom stereocenters. The van der Waals surface area contributed by atoms with Crippen LogP contribution >= 0.6 is 23.2 Å². The Balaban J connectivity index is 1.85. The van der Waals surface area contributed by atoms with E-state index in [1.54, 1.807) is 30.3 Å². The molecule has 23 heavy (non-hydrogen) atoms. The van der Waals surface area contributed by atoms with Crippen LogP contribution in [-0.2, 0) is 0 Å². The molecular formula is C18H14Cl2N2O. The number of nitrogens with one attached hydrogen (secondary N) is 1. The molecule has 1 heterocycles. The molecular weight excluding hydrogens is 331 g/mol. The van der Waals surface area contributed by atoms with Crippen LogP contribution in [0.3, 0.4) is 0 Å². The van der Waals surface area contributed by atoms with Gasteiger partial charge in [0.1, 0.15) is 0 Å². The summed E-state index contributed by atoms with van der Waals surface area (Å²) in [5, 5.41) is 4.18. The average molecular weight is 345 g/mol. The molecule has 0 radical (unpaired) electrons. The molecule has 0 spiro atoms. The Kier molecular flexibility index (Phi) is 4.42. The maximum atomic E-state index is 12.4. The summed E-state index contributed by atoms with van der Waals surface area (Å²) in [5.41, 5.74) is 3.14. The molecule has 0 aliphatic carbocycles. The first-order chi connectivity index (χ1) is 11.0. The minimum atomic E-state index is -0.155. The van der Waals surface area contributed by atoms with E-state index in [0.717, 1.165) is 11.4 Å². The van der Waals surface area contributed by atoms with E-state index >= 15 is 0 Å². The Bertz CT molecular complexity index is 836. The first-order valence-electron chi connectivity index (χ1n) is 7.05. The van der Waals surface area contributed by atoms with Crippen LogP contribution in [0, 0.1) is 6.92 Å². The predicted molar refractivity (Wildman–Crippen MR) is 94.9 cm³/mol. The molecule has 0 unspecified atom stereocenters. The number of benzene rings is 2. The fourth-order valence-corrected chi connectivity index (χ4v) is 2.62. The van der Waals surface area contributed by atoms with Crippen molar-refractivity contribution in [3.8, 4) is 5.69 Å². The number of anilines is 1. The molecule has 0 saturated carbocycles. The summed E-state index contributed by atoms with van der Waals surface area (Å²) in [7, 11) is 0.